The molecule has 1 aromatic heterocycles. The number of carbonyl (C=O) groups excluding carboxylic acids is 2. The number of rotatable bonds is 17. The quantitative estimate of drug-likeness (QED) is 0.0864. The summed E-state index contributed by atoms with van der Waals surface area (Å²) >= 11 is 0. The van der Waals surface area contributed by atoms with E-state index in [0.717, 1.165) is 5.56 Å². The van der Waals surface area contributed by atoms with Crippen LogP contribution in [-0.2, 0) is 27.5 Å². The Labute approximate surface area is 295 Å². The molecule has 0 fully saturated rings. The summed E-state index contributed by atoms with van der Waals surface area (Å²) in [6.45, 7) is 2.44. The number of benzene rings is 4. The van der Waals surface area contributed by atoms with E-state index in [1.54, 1.807) is 114 Å². The van der Waals surface area contributed by atoms with Crippen LogP contribution in [0.25, 0.3) is 16.9 Å². The molecule has 4 aromatic carbocycles. The van der Waals surface area contributed by atoms with Gasteiger partial charge in [-0.15, -0.1) is 9.36 Å². The molecule has 13 heteroatoms. The van der Waals surface area contributed by atoms with Gasteiger partial charge in [0.2, 0.25) is 0 Å². The molecule has 0 radical (unpaired) electrons. The van der Waals surface area contributed by atoms with Gasteiger partial charge in [0, 0.05) is 32.1 Å². The number of ether oxygens (including phenoxy) is 6. The van der Waals surface area contributed by atoms with Crippen LogP contribution < -0.4 is 33.5 Å². The molecule has 2 unspecified atom stereocenters. The fraction of sp³-hybridized carbons (Fsp3) is 0.263. The first kappa shape index (κ1) is 36.5. The Bertz CT molecular complexity index is 1890. The highest BCUT2D eigenvalue weighted by Crippen LogP contribution is 2.24. The summed E-state index contributed by atoms with van der Waals surface area (Å²) in [7, 11) is 1.57. The standard InChI is InChI=1S/C38H39N3O10/c1-26(43)50-35-8-4-6-29(18-35)38-21-40(30-7-5-9-36(19-30)51-27(2)44)39-41(38)20-37(25-49-33-12-10-28(22-42)11-13-33)48-24-31(45)23-47-34-16-14-32(46-3)15-17-34/h4-19,21,31,37,42H,20,22-25H2,1-3H3. The SMILES string of the molecule is COc1ccc(OCC([O-])COC(COc2ccc(CO)cc2)C[n+]2nn(-c3cccc(OC(C)=O)c3)cc2-c2cccc(OC(C)=O)c2)cc1. The minimum absolute atomic E-state index is 0.0548. The first-order chi connectivity index (χ1) is 24.7. The zero-order valence-electron chi connectivity index (χ0n) is 28.5. The number of carbonyl (C=O) groups is 2. The number of nitrogens with zero attached hydrogens (tertiary/aromatic N) is 3. The van der Waals surface area contributed by atoms with Gasteiger partial charge in [-0.05, 0) is 66.2 Å². The van der Waals surface area contributed by atoms with Crippen LogP contribution >= 0.6 is 0 Å². The number of esters is 2. The van der Waals surface area contributed by atoms with E-state index in [-0.39, 0.29) is 33.0 Å². The topological polar surface area (TPSA) is 155 Å². The van der Waals surface area contributed by atoms with E-state index in [9.17, 15) is 19.8 Å². The van der Waals surface area contributed by atoms with Crippen molar-refractivity contribution < 1.29 is 52.9 Å². The van der Waals surface area contributed by atoms with Gasteiger partial charge in [-0.25, -0.2) is 0 Å². The van der Waals surface area contributed by atoms with Gasteiger partial charge in [-0.2, -0.15) is 0 Å². The second kappa shape index (κ2) is 17.8. The van der Waals surface area contributed by atoms with Crippen molar-refractivity contribution in [2.75, 3.05) is 26.9 Å². The highest BCUT2D eigenvalue weighted by Gasteiger charge is 2.25. The van der Waals surface area contributed by atoms with Crippen molar-refractivity contribution >= 4 is 11.9 Å². The van der Waals surface area contributed by atoms with E-state index in [2.05, 4.69) is 0 Å². The molecule has 51 heavy (non-hydrogen) atoms. The lowest BCUT2D eigenvalue weighted by Gasteiger charge is -2.25. The monoisotopic (exact) mass is 697 g/mol. The lowest BCUT2D eigenvalue weighted by Crippen LogP contribution is -2.48. The van der Waals surface area contributed by atoms with Crippen LogP contribution in [0.3, 0.4) is 0 Å². The van der Waals surface area contributed by atoms with Crippen LogP contribution in [0.4, 0.5) is 0 Å². The molecule has 0 saturated carbocycles. The maximum atomic E-state index is 13.0. The predicted octanol–water partition coefficient (Wildman–Crippen LogP) is 3.45. The first-order valence-electron chi connectivity index (χ1n) is 16.1. The summed E-state index contributed by atoms with van der Waals surface area (Å²) in [5.74, 6) is 1.54. The summed E-state index contributed by atoms with van der Waals surface area (Å²) in [6, 6.07) is 27.8. The van der Waals surface area contributed by atoms with Crippen molar-refractivity contribution in [2.24, 2.45) is 0 Å². The maximum Gasteiger partial charge on any atom is 0.308 e. The molecule has 5 rings (SSSR count). The molecule has 0 saturated heterocycles. The normalized spacial score (nSPS) is 12.1. The Morgan fingerprint density at radius 2 is 1.39 bits per heavy atom. The van der Waals surface area contributed by atoms with Crippen LogP contribution in [0.1, 0.15) is 19.4 Å². The van der Waals surface area contributed by atoms with Gasteiger partial charge < -0.3 is 38.6 Å². The fourth-order valence-electron chi connectivity index (χ4n) is 4.98. The van der Waals surface area contributed by atoms with E-state index in [1.807, 2.05) is 6.07 Å². The average Bonchev–Trinajstić information content (AvgIpc) is 3.56. The van der Waals surface area contributed by atoms with Crippen LogP contribution in [0, 0.1) is 0 Å². The lowest BCUT2D eigenvalue weighted by molar-refractivity contribution is -0.751. The van der Waals surface area contributed by atoms with Crippen molar-refractivity contribution in [3.05, 3.63) is 109 Å². The maximum absolute atomic E-state index is 13.0. The van der Waals surface area contributed by atoms with Crippen molar-refractivity contribution in [3.63, 3.8) is 0 Å². The summed E-state index contributed by atoms with van der Waals surface area (Å²) in [6.07, 6.45) is -0.106. The molecule has 0 amide bonds. The van der Waals surface area contributed by atoms with Gasteiger partial charge >= 0.3 is 11.9 Å². The molecule has 0 aliphatic rings. The van der Waals surface area contributed by atoms with Gasteiger partial charge in [0.1, 0.15) is 48.0 Å². The molecule has 0 spiro atoms. The molecule has 1 N–H and O–H groups in total. The number of methoxy groups -OCH3 is 1. The summed E-state index contributed by atoms with van der Waals surface area (Å²) in [5.41, 5.74) is 2.66. The molecule has 2 atom stereocenters. The third kappa shape index (κ3) is 10.9. The zero-order chi connectivity index (χ0) is 36.2. The van der Waals surface area contributed by atoms with E-state index in [1.165, 1.54) is 13.8 Å². The van der Waals surface area contributed by atoms with Crippen molar-refractivity contribution in [2.45, 2.75) is 39.2 Å². The molecule has 0 aliphatic heterocycles. The molecular formula is C38H39N3O10. The Kier molecular flexibility index (Phi) is 12.7. The Hall–Kier alpha value is -5.76. The summed E-state index contributed by atoms with van der Waals surface area (Å²) in [4.78, 5) is 23.3. The number of aliphatic hydroxyl groups is 1. The first-order valence-corrected chi connectivity index (χ1v) is 16.1. The van der Waals surface area contributed by atoms with E-state index in [4.69, 9.17) is 33.6 Å². The van der Waals surface area contributed by atoms with Gasteiger partial charge in [-0.3, -0.25) is 9.59 Å². The Morgan fingerprint density at radius 1 is 0.784 bits per heavy atom. The predicted molar refractivity (Wildman–Crippen MR) is 182 cm³/mol. The minimum atomic E-state index is -1.22. The second-order valence-corrected chi connectivity index (χ2v) is 11.4. The Balaban J connectivity index is 1.41. The number of aliphatic hydroxyl groups excluding tert-OH is 1. The highest BCUT2D eigenvalue weighted by atomic mass is 16.5. The zero-order valence-corrected chi connectivity index (χ0v) is 28.5. The Morgan fingerprint density at radius 3 is 2.04 bits per heavy atom. The van der Waals surface area contributed by atoms with E-state index in [0.29, 0.717) is 45.7 Å². The second-order valence-electron chi connectivity index (χ2n) is 11.4. The molecule has 0 bridgehead atoms. The van der Waals surface area contributed by atoms with Crippen molar-refractivity contribution in [3.8, 4) is 45.7 Å². The van der Waals surface area contributed by atoms with Crippen molar-refractivity contribution in [1.29, 1.82) is 0 Å². The largest absolute Gasteiger partial charge is 0.848 e. The van der Waals surface area contributed by atoms with Crippen LogP contribution in [0.2, 0.25) is 0 Å². The minimum Gasteiger partial charge on any atom is -0.848 e. The van der Waals surface area contributed by atoms with Gasteiger partial charge in [0.05, 0.1) is 25.5 Å². The molecule has 266 valence electrons. The molecule has 0 aliphatic carbocycles. The van der Waals surface area contributed by atoms with Crippen molar-refractivity contribution in [1.82, 2.24) is 9.90 Å². The molecular weight excluding hydrogens is 658 g/mol. The highest BCUT2D eigenvalue weighted by molar-refractivity contribution is 5.70. The molecule has 13 nitrogen and oxygen atoms in total. The summed E-state index contributed by atoms with van der Waals surface area (Å²) < 4.78 is 37.0. The third-order valence-corrected chi connectivity index (χ3v) is 7.39. The number of hydrogen-bond donors (Lipinski definition) is 1. The number of aromatic nitrogens is 3. The van der Waals surface area contributed by atoms with Gasteiger partial charge in [0.15, 0.2) is 17.6 Å². The third-order valence-electron chi connectivity index (χ3n) is 7.39. The van der Waals surface area contributed by atoms with Gasteiger partial charge in [0.25, 0.3) is 0 Å². The smallest absolute Gasteiger partial charge is 0.308 e. The fourth-order valence-corrected chi connectivity index (χ4v) is 4.98. The molecule has 5 aromatic rings. The van der Waals surface area contributed by atoms with Crippen LogP contribution in [-0.4, -0.2) is 66.1 Å². The van der Waals surface area contributed by atoms with Crippen LogP contribution in [0.15, 0.2) is 103 Å². The van der Waals surface area contributed by atoms with Crippen LogP contribution in [0.5, 0.6) is 28.7 Å². The average molecular weight is 698 g/mol. The van der Waals surface area contributed by atoms with E-state index >= 15 is 0 Å². The summed E-state index contributed by atoms with van der Waals surface area (Å²) in [5, 5.41) is 27.2. The van der Waals surface area contributed by atoms with E-state index < -0.39 is 24.1 Å². The van der Waals surface area contributed by atoms with Gasteiger partial charge in [-0.1, -0.05) is 36.4 Å². The number of hydrogen-bond acceptors (Lipinski definition) is 11. The molecule has 1 heterocycles. The lowest BCUT2D eigenvalue weighted by atomic mass is 10.1.